The molecular formula is C11H20F3NO2. The van der Waals surface area contributed by atoms with E-state index in [9.17, 15) is 13.2 Å². The second kappa shape index (κ2) is 7.18. The van der Waals surface area contributed by atoms with E-state index in [4.69, 9.17) is 4.74 Å². The molecule has 0 amide bonds. The van der Waals surface area contributed by atoms with Crippen molar-refractivity contribution in [3.05, 3.63) is 0 Å². The van der Waals surface area contributed by atoms with Crippen molar-refractivity contribution in [3.63, 3.8) is 0 Å². The molecule has 1 rings (SSSR count). The van der Waals surface area contributed by atoms with Gasteiger partial charge in [-0.2, -0.15) is 13.2 Å². The van der Waals surface area contributed by atoms with Crippen LogP contribution in [0.3, 0.4) is 0 Å². The zero-order valence-corrected chi connectivity index (χ0v) is 10.1. The van der Waals surface area contributed by atoms with Crippen molar-refractivity contribution in [1.82, 2.24) is 5.32 Å². The summed E-state index contributed by atoms with van der Waals surface area (Å²) >= 11 is 0. The van der Waals surface area contributed by atoms with Gasteiger partial charge in [0.05, 0.1) is 12.7 Å². The zero-order valence-electron chi connectivity index (χ0n) is 10.1. The highest BCUT2D eigenvalue weighted by Gasteiger charge is 2.28. The number of nitrogens with one attached hydrogen (secondary N) is 1. The Bertz CT molecular complexity index is 205. The lowest BCUT2D eigenvalue weighted by atomic mass is 10.1. The maximum absolute atomic E-state index is 11.9. The van der Waals surface area contributed by atoms with Crippen molar-refractivity contribution >= 4 is 0 Å². The van der Waals surface area contributed by atoms with E-state index >= 15 is 0 Å². The molecule has 1 aliphatic rings. The zero-order chi connectivity index (χ0) is 12.7. The molecule has 102 valence electrons. The topological polar surface area (TPSA) is 30.5 Å². The first-order valence-electron chi connectivity index (χ1n) is 5.94. The minimum absolute atomic E-state index is 0.0402. The molecule has 2 unspecified atom stereocenters. The van der Waals surface area contributed by atoms with Gasteiger partial charge in [0.25, 0.3) is 0 Å². The van der Waals surface area contributed by atoms with Crippen LogP contribution in [0.5, 0.6) is 0 Å². The smallest absolute Gasteiger partial charge is 0.378 e. The first kappa shape index (κ1) is 14.7. The molecule has 0 aromatic carbocycles. The number of halogens is 3. The molecule has 0 saturated carbocycles. The molecule has 17 heavy (non-hydrogen) atoms. The Morgan fingerprint density at radius 3 is 2.76 bits per heavy atom. The average molecular weight is 255 g/mol. The molecule has 0 aliphatic carbocycles. The third-order valence-corrected chi connectivity index (χ3v) is 2.85. The fourth-order valence-corrected chi connectivity index (χ4v) is 1.89. The van der Waals surface area contributed by atoms with Gasteiger partial charge in [-0.15, -0.1) is 0 Å². The lowest BCUT2D eigenvalue weighted by Crippen LogP contribution is -2.33. The third-order valence-electron chi connectivity index (χ3n) is 2.85. The summed E-state index contributed by atoms with van der Waals surface area (Å²) in [6, 6.07) is -0.0402. The van der Waals surface area contributed by atoms with Crippen LogP contribution in [0.25, 0.3) is 0 Å². The standard InChI is InChI=1S/C11H20F3NO2/c1-15-9(7-16-8-11(12,13)14)4-5-10-3-2-6-17-10/h9-10,15H,2-8H2,1H3. The summed E-state index contributed by atoms with van der Waals surface area (Å²) in [5.41, 5.74) is 0. The molecule has 0 bridgehead atoms. The van der Waals surface area contributed by atoms with E-state index in [1.165, 1.54) is 0 Å². The predicted octanol–water partition coefficient (Wildman–Crippen LogP) is 2.11. The van der Waals surface area contributed by atoms with Gasteiger partial charge in [-0.3, -0.25) is 0 Å². The second-order valence-corrected chi connectivity index (χ2v) is 4.33. The summed E-state index contributed by atoms with van der Waals surface area (Å²) in [4.78, 5) is 0. The summed E-state index contributed by atoms with van der Waals surface area (Å²) in [6.07, 6.45) is -0.181. The third kappa shape index (κ3) is 6.85. The summed E-state index contributed by atoms with van der Waals surface area (Å²) in [5, 5.41) is 2.96. The molecule has 1 N–H and O–H groups in total. The Labute approximate surface area is 99.7 Å². The van der Waals surface area contributed by atoms with Crippen LogP contribution in [0.2, 0.25) is 0 Å². The molecule has 6 heteroatoms. The summed E-state index contributed by atoms with van der Waals surface area (Å²) in [7, 11) is 1.73. The number of rotatable bonds is 7. The molecular weight excluding hydrogens is 235 g/mol. The second-order valence-electron chi connectivity index (χ2n) is 4.33. The number of alkyl halides is 3. The van der Waals surface area contributed by atoms with Gasteiger partial charge in [0.1, 0.15) is 6.61 Å². The molecule has 0 spiro atoms. The molecule has 1 heterocycles. The highest BCUT2D eigenvalue weighted by Crippen LogP contribution is 2.18. The van der Waals surface area contributed by atoms with Crippen molar-refractivity contribution in [2.24, 2.45) is 0 Å². The first-order valence-corrected chi connectivity index (χ1v) is 5.94. The molecule has 0 aromatic rings. The van der Waals surface area contributed by atoms with Crippen LogP contribution in [-0.2, 0) is 9.47 Å². The van der Waals surface area contributed by atoms with E-state index in [0.717, 1.165) is 32.3 Å². The Hall–Kier alpha value is -0.330. The molecule has 0 aromatic heterocycles. The average Bonchev–Trinajstić information content (AvgIpc) is 2.74. The van der Waals surface area contributed by atoms with Gasteiger partial charge >= 0.3 is 6.18 Å². The van der Waals surface area contributed by atoms with Crippen LogP contribution in [0.4, 0.5) is 13.2 Å². The van der Waals surface area contributed by atoms with Crippen LogP contribution >= 0.6 is 0 Å². The van der Waals surface area contributed by atoms with E-state index in [1.54, 1.807) is 7.05 Å². The van der Waals surface area contributed by atoms with Crippen LogP contribution < -0.4 is 5.32 Å². The van der Waals surface area contributed by atoms with E-state index in [2.05, 4.69) is 10.1 Å². The van der Waals surface area contributed by atoms with Crippen LogP contribution in [0.1, 0.15) is 25.7 Å². The fraction of sp³-hybridized carbons (Fsp3) is 1.00. The van der Waals surface area contributed by atoms with Crippen molar-refractivity contribution in [2.75, 3.05) is 26.9 Å². The quantitative estimate of drug-likeness (QED) is 0.756. The number of hydrogen-bond donors (Lipinski definition) is 1. The molecule has 1 saturated heterocycles. The van der Waals surface area contributed by atoms with Crippen molar-refractivity contribution in [1.29, 1.82) is 0 Å². The molecule has 1 aliphatic heterocycles. The van der Waals surface area contributed by atoms with Crippen molar-refractivity contribution < 1.29 is 22.6 Å². The number of ether oxygens (including phenoxy) is 2. The maximum Gasteiger partial charge on any atom is 0.411 e. The molecule has 0 radical (unpaired) electrons. The Kier molecular flexibility index (Phi) is 6.22. The lowest BCUT2D eigenvalue weighted by Gasteiger charge is -2.18. The summed E-state index contributed by atoms with van der Waals surface area (Å²) in [6.45, 7) is -0.284. The van der Waals surface area contributed by atoms with E-state index in [0.29, 0.717) is 0 Å². The Morgan fingerprint density at radius 1 is 1.47 bits per heavy atom. The van der Waals surface area contributed by atoms with Gasteiger partial charge in [-0.1, -0.05) is 0 Å². The SMILES string of the molecule is CNC(CCC1CCCO1)COCC(F)(F)F. The fourth-order valence-electron chi connectivity index (χ4n) is 1.89. The minimum atomic E-state index is -4.24. The summed E-state index contributed by atoms with van der Waals surface area (Å²) < 4.78 is 45.7. The first-order chi connectivity index (χ1) is 8.01. The predicted molar refractivity (Wildman–Crippen MR) is 57.9 cm³/mol. The lowest BCUT2D eigenvalue weighted by molar-refractivity contribution is -0.175. The Morgan fingerprint density at radius 2 is 2.24 bits per heavy atom. The van der Waals surface area contributed by atoms with Crippen LogP contribution in [-0.4, -0.2) is 45.2 Å². The van der Waals surface area contributed by atoms with Crippen LogP contribution in [0, 0.1) is 0 Å². The van der Waals surface area contributed by atoms with E-state index < -0.39 is 12.8 Å². The van der Waals surface area contributed by atoms with E-state index in [-0.39, 0.29) is 18.8 Å². The normalized spacial score (nSPS) is 22.9. The van der Waals surface area contributed by atoms with Gasteiger partial charge in [-0.05, 0) is 32.7 Å². The van der Waals surface area contributed by atoms with Crippen molar-refractivity contribution in [2.45, 2.75) is 44.0 Å². The van der Waals surface area contributed by atoms with Gasteiger partial charge in [-0.25, -0.2) is 0 Å². The monoisotopic (exact) mass is 255 g/mol. The van der Waals surface area contributed by atoms with Gasteiger partial charge in [0.15, 0.2) is 0 Å². The maximum atomic E-state index is 11.9. The van der Waals surface area contributed by atoms with Gasteiger partial charge in [0.2, 0.25) is 0 Å². The highest BCUT2D eigenvalue weighted by atomic mass is 19.4. The largest absolute Gasteiger partial charge is 0.411 e. The van der Waals surface area contributed by atoms with Crippen LogP contribution in [0.15, 0.2) is 0 Å². The highest BCUT2D eigenvalue weighted by molar-refractivity contribution is 4.71. The number of likely N-dealkylation sites (N-methyl/N-ethyl adjacent to an activating group) is 1. The van der Waals surface area contributed by atoms with Crippen molar-refractivity contribution in [3.8, 4) is 0 Å². The molecule has 2 atom stereocenters. The van der Waals surface area contributed by atoms with Gasteiger partial charge < -0.3 is 14.8 Å². The Balaban J connectivity index is 2.10. The molecule has 1 fully saturated rings. The van der Waals surface area contributed by atoms with Gasteiger partial charge in [0, 0.05) is 12.6 Å². The number of hydrogen-bond acceptors (Lipinski definition) is 3. The molecule has 3 nitrogen and oxygen atoms in total. The summed E-state index contributed by atoms with van der Waals surface area (Å²) in [5.74, 6) is 0. The van der Waals surface area contributed by atoms with E-state index in [1.807, 2.05) is 0 Å². The minimum Gasteiger partial charge on any atom is -0.378 e.